The summed E-state index contributed by atoms with van der Waals surface area (Å²) >= 11 is 3.35. The molecule has 1 unspecified atom stereocenters. The molecule has 3 atom stereocenters. The van der Waals surface area contributed by atoms with Crippen LogP contribution in [-0.4, -0.2) is 64.5 Å². The lowest BCUT2D eigenvalue weighted by atomic mass is 9.87. The summed E-state index contributed by atoms with van der Waals surface area (Å²) in [6.45, 7) is 0.191. The number of halogens is 2. The summed E-state index contributed by atoms with van der Waals surface area (Å²) in [6.07, 6.45) is 0.922. The maximum absolute atomic E-state index is 13.9. The van der Waals surface area contributed by atoms with Crippen LogP contribution in [0.4, 0.5) is 4.39 Å². The fraction of sp³-hybridized carbons (Fsp3) is 0.267. The van der Waals surface area contributed by atoms with Crippen LogP contribution in [0.3, 0.4) is 0 Å². The molecule has 2 aliphatic rings. The maximum atomic E-state index is 13.9. The van der Waals surface area contributed by atoms with Gasteiger partial charge in [0, 0.05) is 34.6 Å². The van der Waals surface area contributed by atoms with E-state index in [1.807, 2.05) is 6.07 Å². The molecule has 2 fully saturated rings. The first kappa shape index (κ1) is 26.7. The van der Waals surface area contributed by atoms with Gasteiger partial charge >= 0.3 is 0 Å². The van der Waals surface area contributed by atoms with Crippen molar-refractivity contribution >= 4 is 39.4 Å². The van der Waals surface area contributed by atoms with E-state index in [1.165, 1.54) is 17.0 Å². The Kier molecular flexibility index (Phi) is 7.88. The van der Waals surface area contributed by atoms with Gasteiger partial charge in [0.15, 0.2) is 5.78 Å². The van der Waals surface area contributed by atoms with Crippen LogP contribution in [0.25, 0.3) is 0 Å². The molecule has 7 nitrogen and oxygen atoms in total. The number of hydrogen-bond acceptors (Lipinski definition) is 4. The van der Waals surface area contributed by atoms with Gasteiger partial charge in [-0.15, -0.1) is 0 Å². The molecule has 0 aliphatic carbocycles. The van der Waals surface area contributed by atoms with Crippen molar-refractivity contribution in [2.75, 3.05) is 13.1 Å². The number of nitrogens with zero attached hydrogens (tertiary/aromatic N) is 2. The summed E-state index contributed by atoms with van der Waals surface area (Å²) in [5.41, 5.74) is 1.43. The number of likely N-dealkylation sites (tertiary alicyclic amines) is 2. The number of ketones is 1. The van der Waals surface area contributed by atoms with Crippen LogP contribution >= 0.6 is 15.9 Å². The highest BCUT2D eigenvalue weighted by Crippen LogP contribution is 2.30. The van der Waals surface area contributed by atoms with Crippen LogP contribution in [0.15, 0.2) is 83.3 Å². The lowest BCUT2D eigenvalue weighted by molar-refractivity contribution is -0.147. The first-order valence-corrected chi connectivity index (χ1v) is 13.6. The van der Waals surface area contributed by atoms with Crippen molar-refractivity contribution in [3.05, 3.63) is 106 Å². The number of nitrogens with one attached hydrogen (secondary N) is 1. The van der Waals surface area contributed by atoms with Crippen LogP contribution in [0.2, 0.25) is 0 Å². The van der Waals surface area contributed by atoms with Crippen molar-refractivity contribution in [1.29, 1.82) is 0 Å². The number of amides is 3. The average molecular weight is 592 g/mol. The molecule has 200 valence electrons. The Hall–Kier alpha value is -3.85. The third-order valence-electron chi connectivity index (χ3n) is 7.30. The quantitative estimate of drug-likeness (QED) is 0.469. The van der Waals surface area contributed by atoms with E-state index in [2.05, 4.69) is 21.2 Å². The topological polar surface area (TPSA) is 86.8 Å². The van der Waals surface area contributed by atoms with E-state index in [9.17, 15) is 23.6 Å². The number of fused-ring (bicyclic) bond motifs is 2. The third kappa shape index (κ3) is 5.93. The van der Waals surface area contributed by atoms with Crippen LogP contribution in [0, 0.1) is 5.82 Å². The Bertz CT molecular complexity index is 1420. The van der Waals surface area contributed by atoms with Gasteiger partial charge in [-0.3, -0.25) is 19.2 Å². The van der Waals surface area contributed by atoms with Crippen molar-refractivity contribution in [1.82, 2.24) is 15.1 Å². The fourth-order valence-electron chi connectivity index (χ4n) is 5.36. The lowest BCUT2D eigenvalue weighted by Crippen LogP contribution is -2.65. The van der Waals surface area contributed by atoms with Gasteiger partial charge < -0.3 is 15.1 Å². The molecular formula is C30H27BrFN3O4. The van der Waals surface area contributed by atoms with Crippen LogP contribution in [-0.2, 0) is 16.0 Å². The molecule has 0 saturated carbocycles. The Morgan fingerprint density at radius 2 is 1.69 bits per heavy atom. The normalized spacial score (nSPS) is 19.4. The minimum absolute atomic E-state index is 0.0653. The number of Topliss-reactive ketones (excluding diaryl/α,β-unsaturated/α-hetero) is 1. The zero-order valence-corrected chi connectivity index (χ0v) is 22.6. The SMILES string of the molecule is O=C(N[C@@H](Cc1cccc(F)c1)C(=O)N1CC[C@@H]2CC1C(=O)CN2C(=O)c1ccccc1)c1cccc(Br)c1. The molecule has 1 N–H and O–H groups in total. The van der Waals surface area contributed by atoms with Gasteiger partial charge in [-0.2, -0.15) is 0 Å². The summed E-state index contributed by atoms with van der Waals surface area (Å²) in [5, 5.41) is 2.81. The Morgan fingerprint density at radius 3 is 2.44 bits per heavy atom. The molecule has 3 aromatic carbocycles. The zero-order valence-electron chi connectivity index (χ0n) is 21.1. The molecule has 0 radical (unpaired) electrons. The summed E-state index contributed by atoms with van der Waals surface area (Å²) < 4.78 is 14.6. The van der Waals surface area contributed by atoms with Gasteiger partial charge in [-0.1, -0.05) is 52.3 Å². The first-order valence-electron chi connectivity index (χ1n) is 12.8. The van der Waals surface area contributed by atoms with E-state index >= 15 is 0 Å². The van der Waals surface area contributed by atoms with Crippen molar-refractivity contribution in [3.63, 3.8) is 0 Å². The Labute approximate surface area is 234 Å². The van der Waals surface area contributed by atoms with E-state index in [0.717, 1.165) is 0 Å². The van der Waals surface area contributed by atoms with Crippen molar-refractivity contribution in [2.24, 2.45) is 0 Å². The molecule has 2 aliphatic heterocycles. The molecule has 0 aromatic heterocycles. The number of carbonyl (C=O) groups excluding carboxylic acids is 4. The van der Waals surface area contributed by atoms with E-state index in [1.54, 1.807) is 65.6 Å². The van der Waals surface area contributed by atoms with Gasteiger partial charge in [0.2, 0.25) is 5.91 Å². The smallest absolute Gasteiger partial charge is 0.254 e. The highest BCUT2D eigenvalue weighted by Gasteiger charge is 2.45. The second kappa shape index (κ2) is 11.5. The second-order valence-electron chi connectivity index (χ2n) is 9.86. The van der Waals surface area contributed by atoms with Crippen LogP contribution in [0.1, 0.15) is 39.1 Å². The van der Waals surface area contributed by atoms with Crippen molar-refractivity contribution in [2.45, 2.75) is 37.4 Å². The first-order chi connectivity index (χ1) is 18.8. The molecule has 2 heterocycles. The minimum atomic E-state index is -1.01. The van der Waals surface area contributed by atoms with Crippen LogP contribution < -0.4 is 5.32 Å². The molecule has 0 spiro atoms. The van der Waals surface area contributed by atoms with Gasteiger partial charge in [0.25, 0.3) is 11.8 Å². The van der Waals surface area contributed by atoms with E-state index < -0.39 is 29.7 Å². The number of rotatable bonds is 6. The monoisotopic (exact) mass is 591 g/mol. The van der Waals surface area contributed by atoms with Gasteiger partial charge in [0.1, 0.15) is 11.9 Å². The van der Waals surface area contributed by atoms with Gasteiger partial charge in [-0.25, -0.2) is 4.39 Å². The number of hydrogen-bond donors (Lipinski definition) is 1. The Morgan fingerprint density at radius 1 is 0.949 bits per heavy atom. The van der Waals surface area contributed by atoms with Crippen molar-refractivity contribution < 1.29 is 23.6 Å². The van der Waals surface area contributed by atoms with E-state index in [4.69, 9.17) is 0 Å². The van der Waals surface area contributed by atoms with Gasteiger partial charge in [-0.05, 0) is 60.9 Å². The number of benzene rings is 3. The van der Waals surface area contributed by atoms with Gasteiger partial charge in [0.05, 0.1) is 12.6 Å². The summed E-state index contributed by atoms with van der Waals surface area (Å²) in [6, 6.07) is 19.7. The molecule has 3 aromatic rings. The largest absolute Gasteiger partial charge is 0.340 e. The lowest BCUT2D eigenvalue weighted by Gasteiger charge is -2.48. The summed E-state index contributed by atoms with van der Waals surface area (Å²) in [4.78, 5) is 56.4. The Balaban J connectivity index is 1.35. The van der Waals surface area contributed by atoms with E-state index in [0.29, 0.717) is 34.0 Å². The molecule has 2 saturated heterocycles. The molecule has 9 heteroatoms. The van der Waals surface area contributed by atoms with Crippen molar-refractivity contribution in [3.8, 4) is 0 Å². The molecule has 39 heavy (non-hydrogen) atoms. The highest BCUT2D eigenvalue weighted by atomic mass is 79.9. The molecule has 3 amide bonds. The minimum Gasteiger partial charge on any atom is -0.340 e. The molecule has 5 rings (SSSR count). The summed E-state index contributed by atoms with van der Waals surface area (Å²) in [7, 11) is 0. The van der Waals surface area contributed by atoms with Crippen LogP contribution in [0.5, 0.6) is 0 Å². The second-order valence-corrected chi connectivity index (χ2v) is 10.8. The average Bonchev–Trinajstić information content (AvgIpc) is 2.94. The third-order valence-corrected chi connectivity index (χ3v) is 7.79. The summed E-state index contributed by atoms with van der Waals surface area (Å²) in [5.74, 6) is -1.70. The zero-order chi connectivity index (χ0) is 27.5. The predicted molar refractivity (Wildman–Crippen MR) is 147 cm³/mol. The molecule has 2 bridgehead atoms. The standard InChI is InChI=1S/C30H27BrFN3O4/c31-22-10-5-9-21(16-22)28(37)33-25(15-19-6-4-11-23(32)14-19)30(39)34-13-12-24-17-26(34)27(36)18-35(24)29(38)20-7-2-1-3-8-20/h1-11,14,16,24-26H,12-13,15,17-18H2,(H,33,37)/t24-,25+,26?/m1/s1. The molecular weight excluding hydrogens is 565 g/mol. The van der Waals surface area contributed by atoms with E-state index in [-0.39, 0.29) is 37.2 Å². The maximum Gasteiger partial charge on any atom is 0.254 e. The highest BCUT2D eigenvalue weighted by molar-refractivity contribution is 9.10. The fourth-order valence-corrected chi connectivity index (χ4v) is 5.76. The number of piperidine rings is 2. The predicted octanol–water partition coefficient (Wildman–Crippen LogP) is 4.01. The number of carbonyl (C=O) groups is 4.